The van der Waals surface area contributed by atoms with Gasteiger partial charge in [-0.1, -0.05) is 23.8 Å². The molecule has 114 valence electrons. The number of hydrogen-bond acceptors (Lipinski definition) is 4. The number of carbonyl (C=O) groups excluding carboxylic acids is 2. The van der Waals surface area contributed by atoms with Crippen molar-refractivity contribution in [2.75, 3.05) is 11.9 Å². The summed E-state index contributed by atoms with van der Waals surface area (Å²) < 4.78 is 4.94. The van der Waals surface area contributed by atoms with Crippen LogP contribution in [0.2, 0.25) is 5.02 Å². The van der Waals surface area contributed by atoms with Crippen LogP contribution in [0.3, 0.4) is 0 Å². The number of anilines is 1. The van der Waals surface area contributed by atoms with E-state index in [0.717, 1.165) is 12.8 Å². The van der Waals surface area contributed by atoms with Crippen LogP contribution in [0.5, 0.6) is 0 Å². The standard InChI is InChI=1S/C16H15ClN2O3/c17-13-6-5-12(9-18)14(8-13)19-15(20)10-22-16(21)7-11-3-1-2-4-11/h1,3,5-6,8,11H,2,4,7,10H2,(H,19,20)/t11-/m0/s1. The molecule has 0 heterocycles. The number of hydrogen-bond donors (Lipinski definition) is 1. The lowest BCUT2D eigenvalue weighted by Gasteiger charge is -2.09. The Morgan fingerprint density at radius 3 is 2.95 bits per heavy atom. The fraction of sp³-hybridized carbons (Fsp3) is 0.312. The number of halogens is 1. The zero-order chi connectivity index (χ0) is 15.9. The highest BCUT2D eigenvalue weighted by Crippen LogP contribution is 2.21. The summed E-state index contributed by atoms with van der Waals surface area (Å²) in [7, 11) is 0. The van der Waals surface area contributed by atoms with Crippen LogP contribution < -0.4 is 5.32 Å². The van der Waals surface area contributed by atoms with E-state index in [1.54, 1.807) is 6.07 Å². The number of allylic oxidation sites excluding steroid dienone is 2. The summed E-state index contributed by atoms with van der Waals surface area (Å²) in [6, 6.07) is 6.50. The average Bonchev–Trinajstić information content (AvgIpc) is 2.98. The third-order valence-corrected chi connectivity index (χ3v) is 3.52. The first kappa shape index (κ1) is 16.1. The van der Waals surface area contributed by atoms with Crippen molar-refractivity contribution in [1.29, 1.82) is 5.26 Å². The summed E-state index contributed by atoms with van der Waals surface area (Å²) in [5.74, 6) is -0.707. The number of nitriles is 1. The summed E-state index contributed by atoms with van der Waals surface area (Å²) >= 11 is 5.83. The predicted molar refractivity (Wildman–Crippen MR) is 82.2 cm³/mol. The molecular weight excluding hydrogens is 304 g/mol. The monoisotopic (exact) mass is 318 g/mol. The highest BCUT2D eigenvalue weighted by atomic mass is 35.5. The van der Waals surface area contributed by atoms with Crippen LogP contribution in [0.15, 0.2) is 30.4 Å². The second-order valence-electron chi connectivity index (χ2n) is 4.98. The Morgan fingerprint density at radius 1 is 1.45 bits per heavy atom. The lowest BCUT2D eigenvalue weighted by Crippen LogP contribution is -2.22. The van der Waals surface area contributed by atoms with Crippen molar-refractivity contribution in [3.63, 3.8) is 0 Å². The van der Waals surface area contributed by atoms with Crippen molar-refractivity contribution < 1.29 is 14.3 Å². The number of amides is 1. The highest BCUT2D eigenvalue weighted by Gasteiger charge is 2.16. The lowest BCUT2D eigenvalue weighted by molar-refractivity contribution is -0.147. The van der Waals surface area contributed by atoms with E-state index in [-0.39, 0.29) is 18.9 Å². The Labute approximate surface area is 133 Å². The van der Waals surface area contributed by atoms with Crippen molar-refractivity contribution in [2.24, 2.45) is 5.92 Å². The molecule has 1 amide bonds. The van der Waals surface area contributed by atoms with E-state index >= 15 is 0 Å². The maximum absolute atomic E-state index is 11.8. The van der Waals surface area contributed by atoms with E-state index in [1.807, 2.05) is 18.2 Å². The molecule has 0 fully saturated rings. The molecule has 22 heavy (non-hydrogen) atoms. The Hall–Kier alpha value is -2.32. The molecule has 0 saturated carbocycles. The Bertz CT molecular complexity index is 649. The predicted octanol–water partition coefficient (Wildman–Crippen LogP) is 3.05. The molecule has 5 nitrogen and oxygen atoms in total. The molecule has 0 aromatic heterocycles. The van der Waals surface area contributed by atoms with Crippen LogP contribution in [-0.2, 0) is 14.3 Å². The van der Waals surface area contributed by atoms with Gasteiger partial charge in [-0.2, -0.15) is 5.26 Å². The fourth-order valence-electron chi connectivity index (χ4n) is 2.19. The third kappa shape index (κ3) is 4.61. The zero-order valence-corrected chi connectivity index (χ0v) is 12.6. The largest absolute Gasteiger partial charge is 0.456 e. The smallest absolute Gasteiger partial charge is 0.306 e. The zero-order valence-electron chi connectivity index (χ0n) is 11.8. The number of benzene rings is 1. The first-order valence-electron chi connectivity index (χ1n) is 6.90. The molecule has 0 spiro atoms. The van der Waals surface area contributed by atoms with Crippen LogP contribution in [0.25, 0.3) is 0 Å². The summed E-state index contributed by atoms with van der Waals surface area (Å²) in [6.07, 6.45) is 6.23. The van der Waals surface area contributed by atoms with E-state index in [1.165, 1.54) is 12.1 Å². The van der Waals surface area contributed by atoms with Crippen LogP contribution in [0.1, 0.15) is 24.8 Å². The van der Waals surface area contributed by atoms with Gasteiger partial charge in [0.15, 0.2) is 6.61 Å². The van der Waals surface area contributed by atoms with Gasteiger partial charge in [0, 0.05) is 5.02 Å². The van der Waals surface area contributed by atoms with Crippen molar-refractivity contribution in [2.45, 2.75) is 19.3 Å². The number of rotatable bonds is 5. The minimum absolute atomic E-state index is 0.202. The molecule has 1 aliphatic carbocycles. The topological polar surface area (TPSA) is 79.2 Å². The molecule has 2 rings (SSSR count). The van der Waals surface area contributed by atoms with Crippen LogP contribution in [0.4, 0.5) is 5.69 Å². The van der Waals surface area contributed by atoms with Gasteiger partial charge in [-0.15, -0.1) is 0 Å². The molecule has 1 aromatic carbocycles. The number of ether oxygens (including phenoxy) is 1. The first-order chi connectivity index (χ1) is 10.6. The quantitative estimate of drug-likeness (QED) is 0.668. The minimum atomic E-state index is -0.505. The normalized spacial score (nSPS) is 16.1. The Balaban J connectivity index is 1.83. The number of carbonyl (C=O) groups is 2. The Kier molecular flexibility index (Phi) is 5.56. The number of nitrogens with one attached hydrogen (secondary N) is 1. The number of esters is 1. The molecule has 1 aliphatic rings. The van der Waals surface area contributed by atoms with Gasteiger partial charge in [0.1, 0.15) is 6.07 Å². The van der Waals surface area contributed by atoms with Gasteiger partial charge in [0.2, 0.25) is 0 Å². The lowest BCUT2D eigenvalue weighted by atomic mass is 10.1. The summed E-state index contributed by atoms with van der Waals surface area (Å²) in [5.41, 5.74) is 0.593. The minimum Gasteiger partial charge on any atom is -0.456 e. The van der Waals surface area contributed by atoms with Crippen molar-refractivity contribution >= 4 is 29.2 Å². The maximum Gasteiger partial charge on any atom is 0.306 e. The molecule has 6 heteroatoms. The second kappa shape index (κ2) is 7.62. The van der Waals surface area contributed by atoms with Gasteiger partial charge in [0.05, 0.1) is 17.7 Å². The number of nitrogens with zero attached hydrogens (tertiary/aromatic N) is 1. The van der Waals surface area contributed by atoms with E-state index in [4.69, 9.17) is 21.6 Å². The molecule has 1 aromatic rings. The van der Waals surface area contributed by atoms with Gasteiger partial charge >= 0.3 is 5.97 Å². The third-order valence-electron chi connectivity index (χ3n) is 3.28. The highest BCUT2D eigenvalue weighted by molar-refractivity contribution is 6.31. The average molecular weight is 319 g/mol. The van der Waals surface area contributed by atoms with Gasteiger partial charge < -0.3 is 10.1 Å². The second-order valence-corrected chi connectivity index (χ2v) is 5.42. The summed E-state index contributed by atoms with van der Waals surface area (Å²) in [5, 5.41) is 11.9. The molecule has 0 saturated heterocycles. The summed E-state index contributed by atoms with van der Waals surface area (Å²) in [6.45, 7) is -0.382. The van der Waals surface area contributed by atoms with Crippen molar-refractivity contribution in [3.05, 3.63) is 40.9 Å². The SMILES string of the molecule is N#Cc1ccc(Cl)cc1NC(=O)COC(=O)C[C@H]1C=CCC1. The fourth-order valence-corrected chi connectivity index (χ4v) is 2.36. The van der Waals surface area contributed by atoms with Crippen LogP contribution >= 0.6 is 11.6 Å². The summed E-state index contributed by atoms with van der Waals surface area (Å²) in [4.78, 5) is 23.4. The molecule has 0 bridgehead atoms. The van der Waals surface area contributed by atoms with Crippen LogP contribution in [-0.4, -0.2) is 18.5 Å². The molecular formula is C16H15ClN2O3. The van der Waals surface area contributed by atoms with Gasteiger partial charge in [0.25, 0.3) is 5.91 Å². The van der Waals surface area contributed by atoms with Crippen molar-refractivity contribution in [3.8, 4) is 6.07 Å². The molecule has 0 radical (unpaired) electrons. The van der Waals surface area contributed by atoms with E-state index in [9.17, 15) is 9.59 Å². The van der Waals surface area contributed by atoms with Gasteiger partial charge in [-0.05, 0) is 37.0 Å². The van der Waals surface area contributed by atoms with Gasteiger partial charge in [-0.3, -0.25) is 9.59 Å². The van der Waals surface area contributed by atoms with E-state index < -0.39 is 11.9 Å². The molecule has 1 atom stereocenters. The molecule has 0 unspecified atom stereocenters. The van der Waals surface area contributed by atoms with Crippen molar-refractivity contribution in [1.82, 2.24) is 0 Å². The van der Waals surface area contributed by atoms with Gasteiger partial charge in [-0.25, -0.2) is 0 Å². The molecule has 1 N–H and O–H groups in total. The Morgan fingerprint density at radius 2 is 2.27 bits per heavy atom. The first-order valence-corrected chi connectivity index (χ1v) is 7.28. The van der Waals surface area contributed by atoms with E-state index in [0.29, 0.717) is 16.3 Å². The van der Waals surface area contributed by atoms with E-state index in [2.05, 4.69) is 5.32 Å². The maximum atomic E-state index is 11.8. The van der Waals surface area contributed by atoms with Crippen LogP contribution in [0, 0.1) is 17.2 Å². The molecule has 0 aliphatic heterocycles.